The molecule has 0 aliphatic carbocycles. The minimum absolute atomic E-state index is 0.0390. The van der Waals surface area contributed by atoms with Crippen LogP contribution in [0.1, 0.15) is 39.7 Å². The number of hydrogen-bond donors (Lipinski definition) is 0. The van der Waals surface area contributed by atoms with E-state index in [1.54, 1.807) is 11.2 Å². The van der Waals surface area contributed by atoms with E-state index in [2.05, 4.69) is 46.4 Å². The first-order valence-electron chi connectivity index (χ1n) is 13.4. The van der Waals surface area contributed by atoms with Crippen molar-refractivity contribution in [3.8, 4) is 17.3 Å². The van der Waals surface area contributed by atoms with Crippen LogP contribution in [-0.4, -0.2) is 63.5 Å². The molecular weight excluding hydrogens is 496 g/mol. The molecule has 1 aliphatic heterocycles. The third-order valence-corrected chi connectivity index (χ3v) is 8.58. The average molecular weight is 537 g/mol. The van der Waals surface area contributed by atoms with Crippen LogP contribution in [0.25, 0.3) is 22.3 Å². The van der Waals surface area contributed by atoms with E-state index in [0.717, 1.165) is 41.4 Å². The summed E-state index contributed by atoms with van der Waals surface area (Å²) in [4.78, 5) is 23.4. The van der Waals surface area contributed by atoms with E-state index in [4.69, 9.17) is 9.47 Å². The molecule has 0 radical (unpaired) electrons. The summed E-state index contributed by atoms with van der Waals surface area (Å²) >= 11 is 0. The molecule has 0 N–H and O–H groups in total. The number of fused-ring (bicyclic) bond motifs is 1. The van der Waals surface area contributed by atoms with Crippen LogP contribution in [-0.2, 0) is 16.2 Å². The Balaban J connectivity index is 1.49. The van der Waals surface area contributed by atoms with Crippen LogP contribution in [0, 0.1) is 17.2 Å². The lowest BCUT2D eigenvalue weighted by atomic mass is 9.96. The fourth-order valence-corrected chi connectivity index (χ4v) is 5.60. The zero-order valence-electron chi connectivity index (χ0n) is 23.5. The number of carbonyl (C=O) groups is 1. The monoisotopic (exact) mass is 536 g/mol. The summed E-state index contributed by atoms with van der Waals surface area (Å²) in [6.45, 7) is 15.1. The summed E-state index contributed by atoms with van der Waals surface area (Å²) in [5.74, 6) is 0.169. The number of nitriles is 1. The van der Waals surface area contributed by atoms with Crippen molar-refractivity contribution in [2.75, 3.05) is 19.7 Å². The molecule has 3 aromatic heterocycles. The van der Waals surface area contributed by atoms with Crippen molar-refractivity contribution in [3.63, 3.8) is 0 Å². The van der Waals surface area contributed by atoms with Crippen LogP contribution < -0.4 is 0 Å². The maximum absolute atomic E-state index is 12.6. The van der Waals surface area contributed by atoms with Gasteiger partial charge in [-0.1, -0.05) is 19.6 Å². The molecule has 1 aliphatic rings. The van der Waals surface area contributed by atoms with E-state index in [0.29, 0.717) is 26.2 Å². The van der Waals surface area contributed by atoms with E-state index >= 15 is 0 Å². The summed E-state index contributed by atoms with van der Waals surface area (Å²) in [6, 6.07) is 7.50. The van der Waals surface area contributed by atoms with Gasteiger partial charge in [-0.3, -0.25) is 0 Å². The maximum atomic E-state index is 12.6. The van der Waals surface area contributed by atoms with Crippen molar-refractivity contribution in [2.45, 2.75) is 77.7 Å². The zero-order valence-corrected chi connectivity index (χ0v) is 24.5. The van der Waals surface area contributed by atoms with Crippen molar-refractivity contribution in [2.24, 2.45) is 5.92 Å². The maximum Gasteiger partial charge on any atom is 0.410 e. The normalized spacial score (nSPS) is 17.1. The third-order valence-electron chi connectivity index (χ3n) is 6.87. The van der Waals surface area contributed by atoms with Gasteiger partial charge in [0.2, 0.25) is 0 Å². The SMILES string of the molecule is CC(C)(C)OC(=O)N1CCC(C(CC#N)n2ccc(-c3ncnc4c3ccn4COCC[Si](C)(C)C)c2)C1. The first-order valence-corrected chi connectivity index (χ1v) is 17.1. The van der Waals surface area contributed by atoms with E-state index < -0.39 is 13.7 Å². The molecule has 1 fully saturated rings. The molecule has 3 aromatic rings. The Morgan fingerprint density at radius 2 is 2.03 bits per heavy atom. The molecule has 4 heterocycles. The summed E-state index contributed by atoms with van der Waals surface area (Å²) in [5, 5.41) is 10.6. The van der Waals surface area contributed by atoms with Gasteiger partial charge in [0.1, 0.15) is 24.3 Å². The van der Waals surface area contributed by atoms with Crippen molar-refractivity contribution in [1.82, 2.24) is 24.0 Å². The van der Waals surface area contributed by atoms with Gasteiger partial charge in [-0.05, 0) is 45.4 Å². The van der Waals surface area contributed by atoms with Gasteiger partial charge in [0, 0.05) is 63.2 Å². The molecule has 1 saturated heterocycles. The highest BCUT2D eigenvalue weighted by Crippen LogP contribution is 2.34. The lowest BCUT2D eigenvalue weighted by Crippen LogP contribution is -2.36. The molecule has 0 aromatic carbocycles. The predicted octanol–water partition coefficient (Wildman–Crippen LogP) is 5.92. The Labute approximate surface area is 226 Å². The van der Waals surface area contributed by atoms with Gasteiger partial charge >= 0.3 is 6.09 Å². The Bertz CT molecular complexity index is 1300. The predicted molar refractivity (Wildman–Crippen MR) is 150 cm³/mol. The van der Waals surface area contributed by atoms with Gasteiger partial charge in [-0.2, -0.15) is 5.26 Å². The number of nitrogens with zero attached hydrogens (tertiary/aromatic N) is 6. The molecule has 0 bridgehead atoms. The number of aromatic nitrogens is 4. The molecule has 1 amide bonds. The number of amides is 1. The highest BCUT2D eigenvalue weighted by molar-refractivity contribution is 6.76. The fraction of sp³-hybridized carbons (Fsp3) is 0.571. The zero-order chi connectivity index (χ0) is 27.5. The number of carbonyl (C=O) groups excluding carboxylic acids is 1. The van der Waals surface area contributed by atoms with Gasteiger partial charge in [0.05, 0.1) is 24.2 Å². The number of ether oxygens (including phenoxy) is 2. The Morgan fingerprint density at radius 1 is 1.24 bits per heavy atom. The van der Waals surface area contributed by atoms with Crippen LogP contribution in [0.4, 0.5) is 4.79 Å². The highest BCUT2D eigenvalue weighted by Gasteiger charge is 2.34. The second-order valence-corrected chi connectivity index (χ2v) is 18.0. The quantitative estimate of drug-likeness (QED) is 0.249. The topological polar surface area (TPSA) is 98.2 Å². The average Bonchev–Trinajstić information content (AvgIpc) is 3.58. The minimum Gasteiger partial charge on any atom is -0.444 e. The molecule has 4 rings (SSSR count). The molecule has 0 spiro atoms. The third kappa shape index (κ3) is 6.82. The second kappa shape index (κ2) is 11.3. The summed E-state index contributed by atoms with van der Waals surface area (Å²) in [7, 11) is -1.14. The van der Waals surface area contributed by atoms with Crippen molar-refractivity contribution in [1.29, 1.82) is 5.26 Å². The molecule has 0 saturated carbocycles. The first kappa shape index (κ1) is 27.9. The van der Waals surface area contributed by atoms with Crippen LogP contribution in [0.3, 0.4) is 0 Å². The van der Waals surface area contributed by atoms with Crippen LogP contribution in [0.5, 0.6) is 0 Å². The highest BCUT2D eigenvalue weighted by atomic mass is 28.3. The number of hydrogen-bond acceptors (Lipinski definition) is 6. The van der Waals surface area contributed by atoms with Crippen LogP contribution >= 0.6 is 0 Å². The number of rotatable bonds is 9. The molecule has 204 valence electrons. The van der Waals surface area contributed by atoms with E-state index in [-0.39, 0.29) is 18.1 Å². The molecule has 9 nitrogen and oxygen atoms in total. The lowest BCUT2D eigenvalue weighted by Gasteiger charge is -2.26. The van der Waals surface area contributed by atoms with Gasteiger partial charge in [0.15, 0.2) is 0 Å². The molecule has 2 atom stereocenters. The summed E-state index contributed by atoms with van der Waals surface area (Å²) in [5.41, 5.74) is 2.14. The fourth-order valence-electron chi connectivity index (χ4n) is 4.84. The molecule has 38 heavy (non-hydrogen) atoms. The Morgan fingerprint density at radius 3 is 2.74 bits per heavy atom. The van der Waals surface area contributed by atoms with E-state index in [9.17, 15) is 10.1 Å². The smallest absolute Gasteiger partial charge is 0.410 e. The molecule has 10 heteroatoms. The lowest BCUT2D eigenvalue weighted by molar-refractivity contribution is 0.0284. The standard InChI is InChI=1S/C28H40N6O3Si/c1-28(2,3)37-27(35)33-13-8-21(17-33)24(7-11-29)32-12-9-22(18-32)25-23-10-14-34(26(23)31-19-30-25)20-36-15-16-38(4,5)6/h9-10,12,14,18-19,21,24H,7-8,13,15-17,20H2,1-6H3. The van der Waals surface area contributed by atoms with Crippen LogP contribution in [0.15, 0.2) is 37.1 Å². The van der Waals surface area contributed by atoms with Gasteiger partial charge in [-0.25, -0.2) is 14.8 Å². The first-order chi connectivity index (χ1) is 17.9. The van der Waals surface area contributed by atoms with E-state index in [1.807, 2.05) is 49.9 Å². The van der Waals surface area contributed by atoms with Gasteiger partial charge in [-0.15, -0.1) is 0 Å². The number of likely N-dealkylation sites (tertiary alicyclic amines) is 1. The molecule has 2 unspecified atom stereocenters. The van der Waals surface area contributed by atoms with Crippen LogP contribution in [0.2, 0.25) is 25.7 Å². The van der Waals surface area contributed by atoms with E-state index in [1.165, 1.54) is 0 Å². The van der Waals surface area contributed by atoms with Crippen molar-refractivity contribution < 1.29 is 14.3 Å². The Hall–Kier alpha value is -3.16. The van der Waals surface area contributed by atoms with Gasteiger partial charge < -0.3 is 23.5 Å². The largest absolute Gasteiger partial charge is 0.444 e. The molecular formula is C28H40N6O3Si. The summed E-state index contributed by atoms with van der Waals surface area (Å²) in [6.07, 6.45) is 8.57. The Kier molecular flexibility index (Phi) is 8.28. The summed E-state index contributed by atoms with van der Waals surface area (Å²) < 4.78 is 15.6. The minimum atomic E-state index is -1.14. The second-order valence-electron chi connectivity index (χ2n) is 12.3. The van der Waals surface area contributed by atoms with Crippen molar-refractivity contribution >= 4 is 25.2 Å². The van der Waals surface area contributed by atoms with Crippen molar-refractivity contribution in [3.05, 3.63) is 37.1 Å². The van der Waals surface area contributed by atoms with Gasteiger partial charge in [0.25, 0.3) is 0 Å².